The minimum Gasteiger partial charge on any atom is -0.469 e. The summed E-state index contributed by atoms with van der Waals surface area (Å²) in [5, 5.41) is 8.71. The maximum atomic E-state index is 12.0. The molecular weight excluding hydrogens is 268 g/mol. The van der Waals surface area contributed by atoms with Gasteiger partial charge in [-0.05, 0) is 30.7 Å². The van der Waals surface area contributed by atoms with Crippen LogP contribution in [0.5, 0.6) is 0 Å². The van der Waals surface area contributed by atoms with Gasteiger partial charge in [0.05, 0.1) is 25.2 Å². The molecule has 0 radical (unpaired) electrons. The summed E-state index contributed by atoms with van der Waals surface area (Å²) < 4.78 is 4.55. The van der Waals surface area contributed by atoms with Crippen LogP contribution in [-0.4, -0.2) is 37.0 Å². The molecule has 0 fully saturated rings. The van der Waals surface area contributed by atoms with Crippen LogP contribution in [0.1, 0.15) is 24.5 Å². The minimum atomic E-state index is -0.336. The first-order chi connectivity index (χ1) is 10.1. The normalized spacial score (nSPS) is 10.1. The number of hydrogen-bond acceptors (Lipinski definition) is 4. The monoisotopic (exact) mass is 286 g/mol. The van der Waals surface area contributed by atoms with E-state index in [2.05, 4.69) is 4.74 Å². The molecule has 0 saturated carbocycles. The number of carbonyl (C=O) groups excluding carboxylic acids is 2. The first-order valence-electron chi connectivity index (χ1n) is 6.64. The molecule has 21 heavy (non-hydrogen) atoms. The molecule has 1 amide bonds. The van der Waals surface area contributed by atoms with Crippen molar-refractivity contribution in [1.29, 1.82) is 5.26 Å². The minimum absolute atomic E-state index is 0.161. The fourth-order valence-corrected chi connectivity index (χ4v) is 1.69. The average Bonchev–Trinajstić information content (AvgIpc) is 2.53. The van der Waals surface area contributed by atoms with Crippen molar-refractivity contribution in [3.05, 3.63) is 41.5 Å². The smallest absolute Gasteiger partial charge is 0.307 e. The molecule has 0 aliphatic rings. The first-order valence-corrected chi connectivity index (χ1v) is 6.64. The number of nitrogens with zero attached hydrogens (tertiary/aromatic N) is 2. The molecule has 110 valence electrons. The Labute approximate surface area is 124 Å². The van der Waals surface area contributed by atoms with E-state index < -0.39 is 0 Å². The van der Waals surface area contributed by atoms with E-state index in [1.165, 1.54) is 13.2 Å². The summed E-state index contributed by atoms with van der Waals surface area (Å²) in [4.78, 5) is 24.7. The largest absolute Gasteiger partial charge is 0.469 e. The van der Waals surface area contributed by atoms with Gasteiger partial charge in [0.15, 0.2) is 0 Å². The number of amides is 1. The number of methoxy groups -OCH3 is 1. The Bertz CT molecular complexity index is 556. The summed E-state index contributed by atoms with van der Waals surface area (Å²) in [6.45, 7) is 2.71. The Morgan fingerprint density at radius 1 is 1.33 bits per heavy atom. The van der Waals surface area contributed by atoms with Gasteiger partial charge in [0.1, 0.15) is 0 Å². The number of rotatable bonds is 6. The van der Waals surface area contributed by atoms with Crippen LogP contribution in [0.2, 0.25) is 0 Å². The zero-order chi connectivity index (χ0) is 15.7. The van der Waals surface area contributed by atoms with Gasteiger partial charge in [-0.2, -0.15) is 5.26 Å². The van der Waals surface area contributed by atoms with Gasteiger partial charge in [-0.3, -0.25) is 9.59 Å². The second-order valence-electron chi connectivity index (χ2n) is 4.31. The third-order valence-corrected chi connectivity index (χ3v) is 2.97. The highest BCUT2D eigenvalue weighted by atomic mass is 16.5. The summed E-state index contributed by atoms with van der Waals surface area (Å²) in [5.41, 5.74) is 1.41. The lowest BCUT2D eigenvalue weighted by atomic mass is 10.1. The molecule has 0 aliphatic carbocycles. The number of likely N-dealkylation sites (N-methyl/N-ethyl adjacent to an activating group) is 1. The standard InChI is InChI=1S/C16H18N2O3/c1-3-18(11-10-16(20)21-2)15(19)9-8-13-4-6-14(12-17)7-5-13/h4-9H,3,10-11H2,1-2H3/b9-8+. The second-order valence-corrected chi connectivity index (χ2v) is 4.31. The van der Waals surface area contributed by atoms with Gasteiger partial charge in [0.2, 0.25) is 5.91 Å². The molecule has 0 aliphatic heterocycles. The van der Waals surface area contributed by atoms with Crippen molar-refractivity contribution in [1.82, 2.24) is 4.90 Å². The van der Waals surface area contributed by atoms with Crippen molar-refractivity contribution in [2.45, 2.75) is 13.3 Å². The molecule has 5 nitrogen and oxygen atoms in total. The van der Waals surface area contributed by atoms with E-state index in [4.69, 9.17) is 5.26 Å². The Morgan fingerprint density at radius 3 is 2.52 bits per heavy atom. The van der Waals surface area contributed by atoms with Crippen LogP contribution >= 0.6 is 0 Å². The molecule has 0 heterocycles. The Morgan fingerprint density at radius 2 is 2.00 bits per heavy atom. The summed E-state index contributed by atoms with van der Waals surface area (Å²) in [7, 11) is 1.32. The average molecular weight is 286 g/mol. The number of carbonyl (C=O) groups is 2. The number of ether oxygens (including phenoxy) is 1. The molecule has 1 aromatic carbocycles. The summed E-state index contributed by atoms with van der Waals surface area (Å²) in [6, 6.07) is 8.96. The molecule has 0 unspecified atom stereocenters. The molecule has 1 aromatic rings. The molecule has 0 bridgehead atoms. The fourth-order valence-electron chi connectivity index (χ4n) is 1.69. The molecule has 0 spiro atoms. The zero-order valence-electron chi connectivity index (χ0n) is 12.2. The lowest BCUT2D eigenvalue weighted by Crippen LogP contribution is -2.31. The summed E-state index contributed by atoms with van der Waals surface area (Å²) in [5.74, 6) is -0.497. The summed E-state index contributed by atoms with van der Waals surface area (Å²) in [6.07, 6.45) is 3.33. The lowest BCUT2D eigenvalue weighted by Gasteiger charge is -2.18. The van der Waals surface area contributed by atoms with Crippen LogP contribution < -0.4 is 0 Å². The highest BCUT2D eigenvalue weighted by molar-refractivity contribution is 5.92. The van der Waals surface area contributed by atoms with E-state index in [9.17, 15) is 9.59 Å². The van der Waals surface area contributed by atoms with Gasteiger partial charge in [0, 0.05) is 19.2 Å². The number of benzene rings is 1. The van der Waals surface area contributed by atoms with Crippen LogP contribution in [0.25, 0.3) is 6.08 Å². The third kappa shape index (κ3) is 5.49. The maximum absolute atomic E-state index is 12.0. The summed E-state index contributed by atoms with van der Waals surface area (Å²) >= 11 is 0. The van der Waals surface area contributed by atoms with E-state index in [1.807, 2.05) is 13.0 Å². The quantitative estimate of drug-likeness (QED) is 0.592. The van der Waals surface area contributed by atoms with E-state index in [0.717, 1.165) is 5.56 Å². The van der Waals surface area contributed by atoms with Crippen LogP contribution in [0.3, 0.4) is 0 Å². The topological polar surface area (TPSA) is 70.4 Å². The zero-order valence-corrected chi connectivity index (χ0v) is 12.2. The van der Waals surface area contributed by atoms with E-state index in [-0.39, 0.29) is 18.3 Å². The van der Waals surface area contributed by atoms with Crippen molar-refractivity contribution in [3.8, 4) is 6.07 Å². The van der Waals surface area contributed by atoms with E-state index in [0.29, 0.717) is 18.7 Å². The predicted molar refractivity (Wildman–Crippen MR) is 79.1 cm³/mol. The highest BCUT2D eigenvalue weighted by Gasteiger charge is 2.10. The molecule has 5 heteroatoms. The number of nitriles is 1. The van der Waals surface area contributed by atoms with Crippen LogP contribution in [-0.2, 0) is 14.3 Å². The van der Waals surface area contributed by atoms with Crippen LogP contribution in [0.15, 0.2) is 30.3 Å². The first kappa shape index (κ1) is 16.4. The van der Waals surface area contributed by atoms with E-state index in [1.54, 1.807) is 35.2 Å². The Hall–Kier alpha value is -2.61. The van der Waals surface area contributed by atoms with Crippen molar-refractivity contribution in [2.24, 2.45) is 0 Å². The van der Waals surface area contributed by atoms with Gasteiger partial charge in [-0.25, -0.2) is 0 Å². The SMILES string of the molecule is CCN(CCC(=O)OC)C(=O)/C=C/c1ccc(C#N)cc1. The van der Waals surface area contributed by atoms with Crippen molar-refractivity contribution < 1.29 is 14.3 Å². The van der Waals surface area contributed by atoms with Gasteiger partial charge in [0.25, 0.3) is 0 Å². The predicted octanol–water partition coefficient (Wildman–Crippen LogP) is 1.98. The second kappa shape index (κ2) is 8.54. The van der Waals surface area contributed by atoms with E-state index >= 15 is 0 Å². The number of esters is 1. The molecule has 0 aromatic heterocycles. The maximum Gasteiger partial charge on any atom is 0.307 e. The molecule has 0 atom stereocenters. The van der Waals surface area contributed by atoms with Crippen LogP contribution in [0.4, 0.5) is 0 Å². The van der Waals surface area contributed by atoms with Gasteiger partial charge >= 0.3 is 5.97 Å². The number of hydrogen-bond donors (Lipinski definition) is 0. The van der Waals surface area contributed by atoms with Crippen molar-refractivity contribution >= 4 is 18.0 Å². The Kier molecular flexibility index (Phi) is 6.69. The van der Waals surface area contributed by atoms with Gasteiger partial charge in [-0.15, -0.1) is 0 Å². The van der Waals surface area contributed by atoms with Crippen molar-refractivity contribution in [2.75, 3.05) is 20.2 Å². The molecular formula is C16H18N2O3. The fraction of sp³-hybridized carbons (Fsp3) is 0.312. The molecule has 0 N–H and O–H groups in total. The molecule has 1 rings (SSSR count). The Balaban J connectivity index is 2.61. The molecule has 0 saturated heterocycles. The third-order valence-electron chi connectivity index (χ3n) is 2.97. The van der Waals surface area contributed by atoms with Crippen LogP contribution in [0, 0.1) is 11.3 Å². The van der Waals surface area contributed by atoms with Gasteiger partial charge < -0.3 is 9.64 Å². The van der Waals surface area contributed by atoms with Gasteiger partial charge in [-0.1, -0.05) is 12.1 Å². The highest BCUT2D eigenvalue weighted by Crippen LogP contribution is 2.06. The lowest BCUT2D eigenvalue weighted by molar-refractivity contribution is -0.141. The van der Waals surface area contributed by atoms with Crippen molar-refractivity contribution in [3.63, 3.8) is 0 Å².